The van der Waals surface area contributed by atoms with Crippen LogP contribution < -0.4 is 0 Å². The number of nitrogens with zero attached hydrogens (tertiary/aromatic N) is 3. The zero-order valence-electron chi connectivity index (χ0n) is 11.3. The van der Waals surface area contributed by atoms with Crippen molar-refractivity contribution in [1.29, 1.82) is 0 Å². The number of rotatable bonds is 2. The number of aromatic amines is 1. The summed E-state index contributed by atoms with van der Waals surface area (Å²) in [6, 6.07) is 10.2. The molecule has 100 valence electrons. The van der Waals surface area contributed by atoms with Gasteiger partial charge in [0.2, 0.25) is 0 Å². The average molecular weight is 282 g/mol. The monoisotopic (exact) mass is 282 g/mol. The lowest BCUT2D eigenvalue weighted by Gasteiger charge is -2.09. The van der Waals surface area contributed by atoms with Crippen molar-refractivity contribution in [3.63, 3.8) is 0 Å². The summed E-state index contributed by atoms with van der Waals surface area (Å²) in [6.45, 7) is 4.15. The van der Waals surface area contributed by atoms with Crippen LogP contribution in [0.25, 0.3) is 17.1 Å². The molecule has 3 rings (SSSR count). The zero-order chi connectivity index (χ0) is 14.1. The molecule has 0 spiro atoms. The maximum atomic E-state index is 5.37. The van der Waals surface area contributed by atoms with Gasteiger partial charge in [-0.25, -0.2) is 0 Å². The predicted molar refractivity (Wildman–Crippen MR) is 81.5 cm³/mol. The molecular weight excluding hydrogens is 268 g/mol. The van der Waals surface area contributed by atoms with E-state index in [1.807, 2.05) is 16.7 Å². The summed E-state index contributed by atoms with van der Waals surface area (Å²) < 4.78 is 2.53. The van der Waals surface area contributed by atoms with Gasteiger partial charge in [-0.15, -0.1) is 0 Å². The summed E-state index contributed by atoms with van der Waals surface area (Å²) >= 11 is 5.37. The van der Waals surface area contributed by atoms with E-state index in [-0.39, 0.29) is 0 Å². The fourth-order valence-electron chi connectivity index (χ4n) is 2.31. The van der Waals surface area contributed by atoms with E-state index in [0.29, 0.717) is 4.77 Å². The summed E-state index contributed by atoms with van der Waals surface area (Å²) in [5.74, 6) is 0.794. The maximum absolute atomic E-state index is 5.37. The third-order valence-electron chi connectivity index (χ3n) is 3.08. The van der Waals surface area contributed by atoms with Gasteiger partial charge in [-0.1, -0.05) is 6.07 Å². The van der Waals surface area contributed by atoms with Crippen LogP contribution in [0.3, 0.4) is 0 Å². The highest BCUT2D eigenvalue weighted by Crippen LogP contribution is 2.22. The number of hydrogen-bond donors (Lipinski definition) is 1. The van der Waals surface area contributed by atoms with Gasteiger partial charge in [-0.2, -0.15) is 5.10 Å². The van der Waals surface area contributed by atoms with E-state index in [0.717, 1.165) is 17.1 Å². The Labute approximate surface area is 122 Å². The molecule has 0 atom stereocenters. The number of aromatic nitrogens is 4. The van der Waals surface area contributed by atoms with E-state index in [2.05, 4.69) is 47.2 Å². The minimum absolute atomic E-state index is 0.585. The lowest BCUT2D eigenvalue weighted by atomic mass is 10.1. The van der Waals surface area contributed by atoms with E-state index < -0.39 is 0 Å². The molecule has 3 aromatic rings. The zero-order valence-corrected chi connectivity index (χ0v) is 12.1. The number of nitrogens with one attached hydrogen (secondary N) is 1. The Kier molecular flexibility index (Phi) is 3.20. The first-order chi connectivity index (χ1) is 9.65. The molecule has 1 aromatic carbocycles. The molecule has 1 N–H and O–H groups in total. The molecule has 2 aromatic heterocycles. The Morgan fingerprint density at radius 1 is 1.05 bits per heavy atom. The predicted octanol–water partition coefficient (Wildman–Crippen LogP) is 3.61. The molecule has 0 saturated heterocycles. The first-order valence-electron chi connectivity index (χ1n) is 6.31. The molecule has 0 aliphatic heterocycles. The van der Waals surface area contributed by atoms with E-state index >= 15 is 0 Å². The Hall–Kier alpha value is -2.27. The molecule has 0 bridgehead atoms. The van der Waals surface area contributed by atoms with E-state index in [1.165, 1.54) is 11.1 Å². The second-order valence-electron chi connectivity index (χ2n) is 4.77. The van der Waals surface area contributed by atoms with Gasteiger partial charge in [0.25, 0.3) is 0 Å². The molecule has 0 aliphatic carbocycles. The maximum Gasteiger partial charge on any atom is 0.200 e. The van der Waals surface area contributed by atoms with Gasteiger partial charge in [0.15, 0.2) is 10.6 Å². The van der Waals surface area contributed by atoms with E-state index in [1.54, 1.807) is 12.4 Å². The molecule has 2 heterocycles. The molecule has 0 fully saturated rings. The minimum atomic E-state index is 0.585. The Bertz CT molecular complexity index is 782. The van der Waals surface area contributed by atoms with Gasteiger partial charge in [0.1, 0.15) is 0 Å². The first-order valence-corrected chi connectivity index (χ1v) is 6.72. The number of H-pyrrole nitrogens is 1. The summed E-state index contributed by atoms with van der Waals surface area (Å²) in [4.78, 5) is 4.04. The Morgan fingerprint density at radius 2 is 1.70 bits per heavy atom. The molecular formula is C15H14N4S. The lowest BCUT2D eigenvalue weighted by molar-refractivity contribution is 1.03. The van der Waals surface area contributed by atoms with Gasteiger partial charge in [0.05, 0.1) is 5.69 Å². The summed E-state index contributed by atoms with van der Waals surface area (Å²) in [7, 11) is 0. The normalized spacial score (nSPS) is 10.7. The van der Waals surface area contributed by atoms with Crippen molar-refractivity contribution in [2.24, 2.45) is 0 Å². The van der Waals surface area contributed by atoms with Crippen molar-refractivity contribution >= 4 is 12.2 Å². The summed E-state index contributed by atoms with van der Waals surface area (Å²) in [5, 5.41) is 7.21. The van der Waals surface area contributed by atoms with Crippen LogP contribution in [0.1, 0.15) is 11.1 Å². The van der Waals surface area contributed by atoms with Crippen molar-refractivity contribution in [3.05, 3.63) is 58.6 Å². The quantitative estimate of drug-likeness (QED) is 0.730. The van der Waals surface area contributed by atoms with Crippen molar-refractivity contribution < 1.29 is 0 Å². The third-order valence-corrected chi connectivity index (χ3v) is 3.35. The third kappa shape index (κ3) is 2.28. The van der Waals surface area contributed by atoms with Crippen LogP contribution in [0.2, 0.25) is 0 Å². The summed E-state index contributed by atoms with van der Waals surface area (Å²) in [5.41, 5.74) is 4.40. The van der Waals surface area contributed by atoms with E-state index in [9.17, 15) is 0 Å². The van der Waals surface area contributed by atoms with Crippen LogP contribution in [0.5, 0.6) is 0 Å². The van der Waals surface area contributed by atoms with Gasteiger partial charge < -0.3 is 0 Å². The van der Waals surface area contributed by atoms with Crippen molar-refractivity contribution in [1.82, 2.24) is 19.7 Å². The number of benzene rings is 1. The standard InChI is InChI=1S/C15H14N4S/c1-10-7-11(2)9-13(8-10)19-14(17-18-15(19)20)12-3-5-16-6-4-12/h3-9H,1-2H3,(H,18,20). The average Bonchev–Trinajstić information content (AvgIpc) is 2.80. The highest BCUT2D eigenvalue weighted by molar-refractivity contribution is 7.71. The van der Waals surface area contributed by atoms with Crippen LogP contribution in [0.15, 0.2) is 42.7 Å². The fourth-order valence-corrected chi connectivity index (χ4v) is 2.55. The molecule has 0 unspecified atom stereocenters. The number of hydrogen-bond acceptors (Lipinski definition) is 3. The highest BCUT2D eigenvalue weighted by atomic mass is 32.1. The molecule has 0 saturated carbocycles. The van der Waals surface area contributed by atoms with Crippen molar-refractivity contribution in [3.8, 4) is 17.1 Å². The van der Waals surface area contributed by atoms with Crippen LogP contribution in [-0.2, 0) is 0 Å². The van der Waals surface area contributed by atoms with Gasteiger partial charge in [-0.3, -0.25) is 14.6 Å². The lowest BCUT2D eigenvalue weighted by Crippen LogP contribution is -1.99. The van der Waals surface area contributed by atoms with Gasteiger partial charge in [-0.05, 0) is 61.5 Å². The SMILES string of the molecule is Cc1cc(C)cc(-n2c(-c3ccncc3)n[nH]c2=S)c1. The van der Waals surface area contributed by atoms with Crippen LogP contribution in [0, 0.1) is 18.6 Å². The number of aryl methyl sites for hydroxylation is 2. The summed E-state index contributed by atoms with van der Waals surface area (Å²) in [6.07, 6.45) is 3.50. The molecule has 20 heavy (non-hydrogen) atoms. The second kappa shape index (κ2) is 5.02. The smallest absolute Gasteiger partial charge is 0.200 e. The van der Waals surface area contributed by atoms with Crippen LogP contribution in [-0.4, -0.2) is 19.7 Å². The van der Waals surface area contributed by atoms with Gasteiger partial charge >= 0.3 is 0 Å². The van der Waals surface area contributed by atoms with Crippen LogP contribution >= 0.6 is 12.2 Å². The molecule has 0 aliphatic rings. The second-order valence-corrected chi connectivity index (χ2v) is 5.16. The Morgan fingerprint density at radius 3 is 2.35 bits per heavy atom. The molecule has 5 heteroatoms. The van der Waals surface area contributed by atoms with E-state index in [4.69, 9.17) is 12.2 Å². The van der Waals surface area contributed by atoms with Crippen molar-refractivity contribution in [2.45, 2.75) is 13.8 Å². The minimum Gasteiger partial charge on any atom is -0.268 e. The van der Waals surface area contributed by atoms with Crippen molar-refractivity contribution in [2.75, 3.05) is 0 Å². The van der Waals surface area contributed by atoms with Gasteiger partial charge in [0, 0.05) is 18.0 Å². The largest absolute Gasteiger partial charge is 0.268 e. The topological polar surface area (TPSA) is 46.5 Å². The molecule has 4 nitrogen and oxygen atoms in total. The first kappa shape index (κ1) is 12.7. The highest BCUT2D eigenvalue weighted by Gasteiger charge is 2.11. The fraction of sp³-hybridized carbons (Fsp3) is 0.133. The Balaban J connectivity index is 2.24. The molecule has 0 radical (unpaired) electrons. The molecule has 0 amide bonds. The number of pyridine rings is 1. The van der Waals surface area contributed by atoms with Crippen LogP contribution in [0.4, 0.5) is 0 Å².